The molecule has 2 amide bonds. The normalized spacial score (nSPS) is 19.1. The average molecular weight is 479 g/mol. The lowest BCUT2D eigenvalue weighted by molar-refractivity contribution is -0.138. The monoisotopic (exact) mass is 478 g/mol. The Kier molecular flexibility index (Phi) is 8.89. The van der Waals surface area contributed by atoms with Crippen molar-refractivity contribution in [2.45, 2.75) is 50.8 Å². The summed E-state index contributed by atoms with van der Waals surface area (Å²) in [7, 11) is -3.54. The topological polar surface area (TPSA) is 90.0 Å². The molecule has 2 aliphatic rings. The Morgan fingerprint density at radius 2 is 1.61 bits per heavy atom. The summed E-state index contributed by atoms with van der Waals surface area (Å²) in [5.41, 5.74) is 1.11. The van der Waals surface area contributed by atoms with Gasteiger partial charge in [-0.1, -0.05) is 32.9 Å². The van der Waals surface area contributed by atoms with E-state index in [0.29, 0.717) is 76.0 Å². The summed E-state index contributed by atoms with van der Waals surface area (Å²) in [5, 5.41) is 2.89. The van der Waals surface area contributed by atoms with Crippen molar-refractivity contribution in [2.75, 3.05) is 52.4 Å². The molecule has 2 saturated heterocycles. The maximum Gasteiger partial charge on any atom is 0.243 e. The van der Waals surface area contributed by atoms with E-state index in [9.17, 15) is 18.0 Å². The van der Waals surface area contributed by atoms with E-state index in [0.717, 1.165) is 12.0 Å². The zero-order chi connectivity index (χ0) is 24.0. The van der Waals surface area contributed by atoms with Gasteiger partial charge in [-0.05, 0) is 42.9 Å². The van der Waals surface area contributed by atoms with Gasteiger partial charge in [0.1, 0.15) is 0 Å². The van der Waals surface area contributed by atoms with Gasteiger partial charge in [-0.2, -0.15) is 4.31 Å². The number of nitrogens with one attached hydrogen (secondary N) is 1. The van der Waals surface area contributed by atoms with Gasteiger partial charge in [-0.15, -0.1) is 0 Å². The van der Waals surface area contributed by atoms with Crippen molar-refractivity contribution in [2.24, 2.45) is 5.92 Å². The van der Waals surface area contributed by atoms with E-state index in [-0.39, 0.29) is 17.7 Å². The van der Waals surface area contributed by atoms with Crippen molar-refractivity contribution in [3.05, 3.63) is 29.8 Å². The van der Waals surface area contributed by atoms with Crippen LogP contribution in [-0.4, -0.2) is 86.7 Å². The molecule has 33 heavy (non-hydrogen) atoms. The summed E-state index contributed by atoms with van der Waals surface area (Å²) >= 11 is 0. The largest absolute Gasteiger partial charge is 0.355 e. The van der Waals surface area contributed by atoms with Gasteiger partial charge in [0.15, 0.2) is 0 Å². The molecule has 0 radical (unpaired) electrons. The molecule has 0 aliphatic carbocycles. The summed E-state index contributed by atoms with van der Waals surface area (Å²) in [4.78, 5) is 29.2. The fourth-order valence-electron chi connectivity index (χ4n) is 4.42. The van der Waals surface area contributed by atoms with Crippen LogP contribution in [0.5, 0.6) is 0 Å². The Morgan fingerprint density at radius 1 is 1.00 bits per heavy atom. The highest BCUT2D eigenvalue weighted by Gasteiger charge is 2.34. The molecule has 8 nitrogen and oxygen atoms in total. The van der Waals surface area contributed by atoms with Gasteiger partial charge in [-0.3, -0.25) is 14.5 Å². The van der Waals surface area contributed by atoms with Crippen LogP contribution in [0.15, 0.2) is 29.2 Å². The van der Waals surface area contributed by atoms with Crippen LogP contribution in [0, 0.1) is 5.92 Å². The van der Waals surface area contributed by atoms with E-state index in [2.05, 4.69) is 24.1 Å². The van der Waals surface area contributed by atoms with E-state index in [4.69, 9.17) is 0 Å². The summed E-state index contributed by atoms with van der Waals surface area (Å²) in [6.07, 6.45) is 2.00. The van der Waals surface area contributed by atoms with Crippen LogP contribution in [0.1, 0.15) is 51.5 Å². The average Bonchev–Trinajstić information content (AvgIpc) is 2.83. The van der Waals surface area contributed by atoms with Crippen LogP contribution < -0.4 is 5.32 Å². The number of nitrogens with zero attached hydrogens (tertiary/aromatic N) is 3. The molecular formula is C24H38N4O4S. The van der Waals surface area contributed by atoms with Crippen molar-refractivity contribution in [1.82, 2.24) is 19.4 Å². The molecule has 9 heteroatoms. The zero-order valence-corrected chi connectivity index (χ0v) is 20.9. The lowest BCUT2D eigenvalue weighted by Crippen LogP contribution is -2.53. The van der Waals surface area contributed by atoms with Crippen molar-refractivity contribution >= 4 is 21.8 Å². The lowest BCUT2D eigenvalue weighted by atomic mass is 9.96. The SMILES string of the molecule is CCCNC(=O)CN1CCN(C(=O)C2CCN(S(=O)(=O)c3ccc(C(C)C)cc3)CC2)CC1. The third-order valence-corrected chi connectivity index (χ3v) is 8.52. The van der Waals surface area contributed by atoms with Crippen molar-refractivity contribution < 1.29 is 18.0 Å². The molecule has 2 fully saturated rings. The van der Waals surface area contributed by atoms with E-state index in [1.54, 1.807) is 12.1 Å². The predicted octanol–water partition coefficient (Wildman–Crippen LogP) is 1.88. The van der Waals surface area contributed by atoms with Crippen LogP contribution in [0.4, 0.5) is 0 Å². The van der Waals surface area contributed by atoms with Crippen molar-refractivity contribution in [1.29, 1.82) is 0 Å². The maximum absolute atomic E-state index is 13.0. The number of carbonyl (C=O) groups is 2. The van der Waals surface area contributed by atoms with E-state index in [1.807, 2.05) is 24.0 Å². The number of piperazine rings is 1. The Morgan fingerprint density at radius 3 is 2.15 bits per heavy atom. The smallest absolute Gasteiger partial charge is 0.243 e. The first-order chi connectivity index (χ1) is 15.7. The molecule has 1 aromatic carbocycles. The maximum atomic E-state index is 13.0. The molecule has 184 valence electrons. The highest BCUT2D eigenvalue weighted by molar-refractivity contribution is 7.89. The molecule has 0 spiro atoms. The minimum absolute atomic E-state index is 0.0315. The second kappa shape index (κ2) is 11.4. The molecule has 0 bridgehead atoms. The number of piperidine rings is 1. The highest BCUT2D eigenvalue weighted by Crippen LogP contribution is 2.26. The van der Waals surface area contributed by atoms with Crippen LogP contribution in [0.3, 0.4) is 0 Å². The molecule has 0 aromatic heterocycles. The van der Waals surface area contributed by atoms with Crippen LogP contribution in [0.25, 0.3) is 0 Å². The standard InChI is InChI=1S/C24H38N4O4S/c1-4-11-25-23(29)18-26-14-16-27(17-15-26)24(30)21-9-12-28(13-10-21)33(31,32)22-7-5-20(6-8-22)19(2)3/h5-8,19,21H,4,9-18H2,1-3H3,(H,25,29). The second-order valence-electron chi connectivity index (χ2n) is 9.35. The van der Waals surface area contributed by atoms with E-state index < -0.39 is 10.0 Å². The van der Waals surface area contributed by atoms with Crippen molar-refractivity contribution in [3.8, 4) is 0 Å². The van der Waals surface area contributed by atoms with Gasteiger partial charge in [0, 0.05) is 51.7 Å². The number of hydrogen-bond acceptors (Lipinski definition) is 5. The number of sulfonamides is 1. The lowest BCUT2D eigenvalue weighted by Gasteiger charge is -2.38. The zero-order valence-electron chi connectivity index (χ0n) is 20.1. The first-order valence-electron chi connectivity index (χ1n) is 12.1. The van der Waals surface area contributed by atoms with Gasteiger partial charge < -0.3 is 10.2 Å². The van der Waals surface area contributed by atoms with E-state index in [1.165, 1.54) is 4.31 Å². The summed E-state index contributed by atoms with van der Waals surface area (Å²) in [6.45, 7) is 10.6. The van der Waals surface area contributed by atoms with Gasteiger partial charge in [0.2, 0.25) is 21.8 Å². The number of hydrogen-bond donors (Lipinski definition) is 1. The number of benzene rings is 1. The number of carbonyl (C=O) groups excluding carboxylic acids is 2. The molecular weight excluding hydrogens is 440 g/mol. The summed E-state index contributed by atoms with van der Waals surface area (Å²) < 4.78 is 27.6. The first kappa shape index (κ1) is 25.6. The quantitative estimate of drug-likeness (QED) is 0.616. The Hall–Kier alpha value is -1.97. The van der Waals surface area contributed by atoms with Gasteiger partial charge in [-0.25, -0.2) is 8.42 Å². The van der Waals surface area contributed by atoms with Gasteiger partial charge in [0.05, 0.1) is 11.4 Å². The van der Waals surface area contributed by atoms with Crippen LogP contribution in [0.2, 0.25) is 0 Å². The molecule has 1 aromatic rings. The Labute approximate surface area is 198 Å². The molecule has 0 saturated carbocycles. The number of rotatable bonds is 8. The fourth-order valence-corrected chi connectivity index (χ4v) is 5.89. The summed E-state index contributed by atoms with van der Waals surface area (Å²) in [5.74, 6) is 0.357. The third-order valence-electron chi connectivity index (χ3n) is 6.61. The van der Waals surface area contributed by atoms with Crippen LogP contribution >= 0.6 is 0 Å². The number of amides is 2. The van der Waals surface area contributed by atoms with Gasteiger partial charge in [0.25, 0.3) is 0 Å². The molecule has 2 heterocycles. The molecule has 3 rings (SSSR count). The van der Waals surface area contributed by atoms with Crippen LogP contribution in [-0.2, 0) is 19.6 Å². The minimum Gasteiger partial charge on any atom is -0.355 e. The van der Waals surface area contributed by atoms with Crippen molar-refractivity contribution in [3.63, 3.8) is 0 Å². The Bertz CT molecular complexity index is 901. The van der Waals surface area contributed by atoms with E-state index >= 15 is 0 Å². The second-order valence-corrected chi connectivity index (χ2v) is 11.3. The molecule has 0 unspecified atom stereocenters. The molecule has 1 N–H and O–H groups in total. The fraction of sp³-hybridized carbons (Fsp3) is 0.667. The predicted molar refractivity (Wildman–Crippen MR) is 128 cm³/mol. The highest BCUT2D eigenvalue weighted by atomic mass is 32.2. The first-order valence-corrected chi connectivity index (χ1v) is 13.5. The Balaban J connectivity index is 1.47. The molecule has 0 atom stereocenters. The minimum atomic E-state index is -3.54. The van der Waals surface area contributed by atoms with Gasteiger partial charge >= 0.3 is 0 Å². The third kappa shape index (κ3) is 6.55. The summed E-state index contributed by atoms with van der Waals surface area (Å²) in [6, 6.07) is 7.12. The molecule has 2 aliphatic heterocycles.